The number of carboxylic acid groups (broad SMARTS) is 1. The lowest BCUT2D eigenvalue weighted by atomic mass is 9.45. The largest absolute Gasteiger partial charge is 0.481 e. The summed E-state index contributed by atoms with van der Waals surface area (Å²) in [5, 5.41) is 9.41. The highest BCUT2D eigenvalue weighted by atomic mass is 16.4. The number of ketones is 1. The van der Waals surface area contributed by atoms with Gasteiger partial charge < -0.3 is 5.11 Å². The van der Waals surface area contributed by atoms with E-state index in [9.17, 15) is 14.7 Å². The van der Waals surface area contributed by atoms with Crippen LogP contribution in [0, 0.1) is 28.1 Å². The molecule has 0 aliphatic heterocycles. The van der Waals surface area contributed by atoms with Crippen LogP contribution >= 0.6 is 0 Å². The molecule has 3 aliphatic rings. The fraction of sp³-hybridized carbons (Fsp3) is 0.778. The first-order valence-electron chi connectivity index (χ1n) is 8.14. The fourth-order valence-electron chi connectivity index (χ4n) is 5.97. The zero-order chi connectivity index (χ0) is 15.5. The number of rotatable bonds is 3. The molecule has 0 heterocycles. The van der Waals surface area contributed by atoms with Crippen LogP contribution in [0.2, 0.25) is 0 Å². The summed E-state index contributed by atoms with van der Waals surface area (Å²) in [6.45, 7) is 6.02. The molecule has 3 nitrogen and oxygen atoms in total. The fourth-order valence-corrected chi connectivity index (χ4v) is 5.97. The van der Waals surface area contributed by atoms with Crippen molar-refractivity contribution in [3.05, 3.63) is 12.2 Å². The van der Waals surface area contributed by atoms with Crippen molar-refractivity contribution in [1.82, 2.24) is 0 Å². The Hall–Kier alpha value is -1.12. The van der Waals surface area contributed by atoms with E-state index in [0.717, 1.165) is 32.1 Å². The molecule has 0 radical (unpaired) electrons. The topological polar surface area (TPSA) is 54.4 Å². The van der Waals surface area contributed by atoms with Crippen LogP contribution in [0.3, 0.4) is 0 Å². The maximum Gasteiger partial charge on any atom is 0.303 e. The molecule has 3 heteroatoms. The molecule has 2 saturated carbocycles. The van der Waals surface area contributed by atoms with Gasteiger partial charge in [-0.05, 0) is 61.2 Å². The molecule has 3 aliphatic carbocycles. The zero-order valence-corrected chi connectivity index (χ0v) is 13.3. The molecule has 1 spiro atoms. The van der Waals surface area contributed by atoms with E-state index in [2.05, 4.69) is 26.0 Å². The van der Waals surface area contributed by atoms with Gasteiger partial charge >= 0.3 is 5.97 Å². The third-order valence-electron chi connectivity index (χ3n) is 6.76. The second-order valence-electron chi connectivity index (χ2n) is 8.27. The first-order valence-corrected chi connectivity index (χ1v) is 8.14. The van der Waals surface area contributed by atoms with Gasteiger partial charge in [0, 0.05) is 5.92 Å². The maximum atomic E-state index is 12.1. The quantitative estimate of drug-likeness (QED) is 0.804. The van der Waals surface area contributed by atoms with E-state index in [0.29, 0.717) is 11.3 Å². The Labute approximate surface area is 126 Å². The van der Waals surface area contributed by atoms with Crippen LogP contribution in [0.25, 0.3) is 0 Å². The first-order chi connectivity index (χ1) is 9.71. The molecule has 3 rings (SSSR count). The molecule has 21 heavy (non-hydrogen) atoms. The smallest absolute Gasteiger partial charge is 0.303 e. The third kappa shape index (κ3) is 2.08. The van der Waals surface area contributed by atoms with E-state index in [4.69, 9.17) is 0 Å². The molecule has 0 aromatic carbocycles. The average Bonchev–Trinajstić information content (AvgIpc) is 2.58. The van der Waals surface area contributed by atoms with Gasteiger partial charge in [0.1, 0.15) is 5.78 Å². The van der Waals surface area contributed by atoms with E-state index < -0.39 is 11.4 Å². The minimum absolute atomic E-state index is 0.0948. The Morgan fingerprint density at radius 2 is 1.90 bits per heavy atom. The highest BCUT2D eigenvalue weighted by molar-refractivity contribution is 5.80. The van der Waals surface area contributed by atoms with Gasteiger partial charge in [-0.15, -0.1) is 0 Å². The lowest BCUT2D eigenvalue weighted by Crippen LogP contribution is -2.53. The first kappa shape index (κ1) is 14.8. The summed E-state index contributed by atoms with van der Waals surface area (Å²) in [5.41, 5.74) is 0.0404. The Morgan fingerprint density at radius 1 is 1.19 bits per heavy atom. The van der Waals surface area contributed by atoms with Crippen molar-refractivity contribution < 1.29 is 14.7 Å². The van der Waals surface area contributed by atoms with Crippen LogP contribution in [0.4, 0.5) is 0 Å². The van der Waals surface area contributed by atoms with Gasteiger partial charge in [0.15, 0.2) is 0 Å². The van der Waals surface area contributed by atoms with Crippen molar-refractivity contribution in [1.29, 1.82) is 0 Å². The van der Waals surface area contributed by atoms with E-state index in [1.807, 2.05) is 0 Å². The van der Waals surface area contributed by atoms with Gasteiger partial charge in [0.05, 0.1) is 6.42 Å². The van der Waals surface area contributed by atoms with Gasteiger partial charge in [-0.2, -0.15) is 0 Å². The van der Waals surface area contributed by atoms with Crippen LogP contribution in [0.5, 0.6) is 0 Å². The molecule has 2 fully saturated rings. The van der Waals surface area contributed by atoms with E-state index in [1.165, 1.54) is 0 Å². The second kappa shape index (κ2) is 4.44. The highest BCUT2D eigenvalue weighted by Crippen LogP contribution is 2.67. The predicted molar refractivity (Wildman–Crippen MR) is 80.8 cm³/mol. The van der Waals surface area contributed by atoms with Gasteiger partial charge in [0.2, 0.25) is 0 Å². The third-order valence-corrected chi connectivity index (χ3v) is 6.76. The van der Waals surface area contributed by atoms with Crippen LogP contribution in [-0.4, -0.2) is 16.9 Å². The number of carboxylic acids is 1. The number of carbonyl (C=O) groups excluding carboxylic acids is 1. The predicted octanol–water partition coefficient (Wildman–Crippen LogP) is 3.83. The van der Waals surface area contributed by atoms with Crippen molar-refractivity contribution in [2.75, 3.05) is 0 Å². The maximum absolute atomic E-state index is 12.1. The molecule has 0 aromatic heterocycles. The summed E-state index contributed by atoms with van der Waals surface area (Å²) >= 11 is 0. The van der Waals surface area contributed by atoms with Crippen molar-refractivity contribution in [3.8, 4) is 0 Å². The summed E-state index contributed by atoms with van der Waals surface area (Å²) < 4.78 is 0. The second-order valence-corrected chi connectivity index (χ2v) is 8.27. The number of Topliss-reactive ketones (excluding diaryl/α,β-unsaturated/α-hetero) is 1. The molecule has 116 valence electrons. The summed E-state index contributed by atoms with van der Waals surface area (Å²) in [7, 11) is 0. The number of hydrogen-bond acceptors (Lipinski definition) is 2. The molecule has 1 N–H and O–H groups in total. The molecule has 0 unspecified atom stereocenters. The summed E-state index contributed by atoms with van der Waals surface area (Å²) in [6, 6.07) is 0. The van der Waals surface area contributed by atoms with Gasteiger partial charge in [-0.25, -0.2) is 0 Å². The Bertz CT molecular complexity index is 523. The lowest BCUT2D eigenvalue weighted by Gasteiger charge is -2.58. The minimum Gasteiger partial charge on any atom is -0.481 e. The number of aliphatic carboxylic acids is 1. The molecular weight excluding hydrogens is 264 g/mol. The van der Waals surface area contributed by atoms with Crippen LogP contribution < -0.4 is 0 Å². The molecular formula is C18H26O3. The normalized spacial score (nSPS) is 48.0. The number of allylic oxidation sites excluding steroid dienone is 2. The summed E-state index contributed by atoms with van der Waals surface area (Å²) in [5.74, 6) is -0.363. The number of carbonyl (C=O) groups is 2. The number of fused-ring (bicyclic) bond motifs is 1. The highest BCUT2D eigenvalue weighted by Gasteiger charge is 2.61. The van der Waals surface area contributed by atoms with Crippen LogP contribution in [0.1, 0.15) is 59.3 Å². The van der Waals surface area contributed by atoms with E-state index in [1.54, 1.807) is 6.92 Å². The molecule has 2 bridgehead atoms. The van der Waals surface area contributed by atoms with Crippen LogP contribution in [-0.2, 0) is 9.59 Å². The van der Waals surface area contributed by atoms with Crippen molar-refractivity contribution in [3.63, 3.8) is 0 Å². The Balaban J connectivity index is 2.02. The summed E-state index contributed by atoms with van der Waals surface area (Å²) in [6.07, 6.45) is 10.1. The van der Waals surface area contributed by atoms with Crippen LogP contribution in [0.15, 0.2) is 12.2 Å². The Morgan fingerprint density at radius 3 is 2.52 bits per heavy atom. The van der Waals surface area contributed by atoms with E-state index in [-0.39, 0.29) is 23.5 Å². The van der Waals surface area contributed by atoms with Gasteiger partial charge in [-0.3, -0.25) is 9.59 Å². The number of hydrogen-bond donors (Lipinski definition) is 1. The van der Waals surface area contributed by atoms with Crippen molar-refractivity contribution in [2.24, 2.45) is 28.1 Å². The SMILES string of the molecule is CC(=O)[C@H]1CC[C@]23C=C[C@](C)(CC[C@H]2[C@]1(C)CC(=O)O)C3. The van der Waals surface area contributed by atoms with E-state index >= 15 is 0 Å². The minimum atomic E-state index is -0.767. The van der Waals surface area contributed by atoms with Crippen molar-refractivity contribution >= 4 is 11.8 Å². The monoisotopic (exact) mass is 290 g/mol. The van der Waals surface area contributed by atoms with Gasteiger partial charge in [0.25, 0.3) is 0 Å². The summed E-state index contributed by atoms with van der Waals surface area (Å²) in [4.78, 5) is 23.6. The molecule has 5 atom stereocenters. The molecule has 0 aromatic rings. The Kier molecular flexibility index (Phi) is 3.13. The average molecular weight is 290 g/mol. The molecule has 0 saturated heterocycles. The lowest BCUT2D eigenvalue weighted by molar-refractivity contribution is -0.152. The zero-order valence-electron chi connectivity index (χ0n) is 13.3. The molecule has 0 amide bonds. The van der Waals surface area contributed by atoms with Crippen molar-refractivity contribution in [2.45, 2.75) is 59.3 Å². The van der Waals surface area contributed by atoms with Gasteiger partial charge in [-0.1, -0.05) is 26.0 Å². The standard InChI is InChI=1S/C18H26O3/c1-12(19)13-4-7-18-9-8-16(2,11-18)6-5-14(18)17(13,3)10-15(20)21/h8-9,13-14H,4-7,10-11H2,1-3H3,(H,20,21)/t13-,14+,16+,17-,18-/m1/s1.